The van der Waals surface area contributed by atoms with E-state index in [0.29, 0.717) is 19.5 Å². The predicted octanol–water partition coefficient (Wildman–Crippen LogP) is 3.36. The predicted molar refractivity (Wildman–Crippen MR) is 98.2 cm³/mol. The Labute approximate surface area is 148 Å². The molecule has 1 N–H and O–H groups in total. The zero-order chi connectivity index (χ0) is 17.8. The first-order valence-electron chi connectivity index (χ1n) is 8.74. The Morgan fingerprint density at radius 2 is 1.80 bits per heavy atom. The lowest BCUT2D eigenvalue weighted by Crippen LogP contribution is -2.24. The second kappa shape index (κ2) is 7.51. The van der Waals surface area contributed by atoms with Gasteiger partial charge in [-0.05, 0) is 43.0 Å². The third-order valence-electron chi connectivity index (χ3n) is 4.66. The van der Waals surface area contributed by atoms with Crippen molar-refractivity contribution >= 4 is 11.8 Å². The molecule has 3 rings (SSSR count). The molecule has 2 amide bonds. The van der Waals surface area contributed by atoms with Gasteiger partial charge in [-0.3, -0.25) is 9.59 Å². The first-order valence-corrected chi connectivity index (χ1v) is 8.74. The molecule has 25 heavy (non-hydrogen) atoms. The second-order valence-corrected chi connectivity index (χ2v) is 6.74. The van der Waals surface area contributed by atoms with Gasteiger partial charge in [-0.2, -0.15) is 0 Å². The molecule has 2 aromatic carbocycles. The molecule has 4 heteroatoms. The molecule has 0 aliphatic carbocycles. The van der Waals surface area contributed by atoms with Gasteiger partial charge >= 0.3 is 0 Å². The number of hydrogen-bond acceptors (Lipinski definition) is 2. The van der Waals surface area contributed by atoms with Crippen LogP contribution in [-0.2, 0) is 17.9 Å². The summed E-state index contributed by atoms with van der Waals surface area (Å²) in [6.07, 6.45) is 1.63. The van der Waals surface area contributed by atoms with E-state index >= 15 is 0 Å². The molecule has 2 aromatic rings. The highest BCUT2D eigenvalue weighted by molar-refractivity contribution is 5.95. The third kappa shape index (κ3) is 4.27. The van der Waals surface area contributed by atoms with Gasteiger partial charge in [0.1, 0.15) is 0 Å². The summed E-state index contributed by atoms with van der Waals surface area (Å²) < 4.78 is 0. The Bertz CT molecular complexity index is 781. The van der Waals surface area contributed by atoms with Crippen LogP contribution in [0.3, 0.4) is 0 Å². The summed E-state index contributed by atoms with van der Waals surface area (Å²) in [5, 5.41) is 2.98. The molecular weight excluding hydrogens is 312 g/mol. The van der Waals surface area contributed by atoms with Gasteiger partial charge < -0.3 is 10.2 Å². The van der Waals surface area contributed by atoms with Crippen LogP contribution in [-0.4, -0.2) is 23.3 Å². The van der Waals surface area contributed by atoms with Crippen LogP contribution in [0.5, 0.6) is 0 Å². The maximum atomic E-state index is 12.4. The topological polar surface area (TPSA) is 49.4 Å². The first-order chi connectivity index (χ1) is 12.0. The first kappa shape index (κ1) is 17.2. The lowest BCUT2D eigenvalue weighted by atomic mass is 10.0. The lowest BCUT2D eigenvalue weighted by molar-refractivity contribution is -0.128. The maximum absolute atomic E-state index is 12.4. The van der Waals surface area contributed by atoms with E-state index in [1.54, 1.807) is 0 Å². The molecule has 1 aliphatic rings. The number of nitrogens with zero attached hydrogens (tertiary/aromatic N) is 1. The molecule has 0 atom stereocenters. The zero-order valence-corrected chi connectivity index (χ0v) is 14.8. The van der Waals surface area contributed by atoms with Gasteiger partial charge in [0.2, 0.25) is 5.91 Å². The van der Waals surface area contributed by atoms with Crippen LogP contribution in [0.2, 0.25) is 0 Å². The van der Waals surface area contributed by atoms with Crippen molar-refractivity contribution in [1.82, 2.24) is 10.2 Å². The summed E-state index contributed by atoms with van der Waals surface area (Å²) in [4.78, 5) is 26.0. The summed E-state index contributed by atoms with van der Waals surface area (Å²) in [6.45, 7) is 5.96. The highest BCUT2D eigenvalue weighted by atomic mass is 16.2. The smallest absolute Gasteiger partial charge is 0.251 e. The van der Waals surface area contributed by atoms with Crippen LogP contribution >= 0.6 is 0 Å². The van der Waals surface area contributed by atoms with Crippen LogP contribution in [0.1, 0.15) is 45.5 Å². The van der Waals surface area contributed by atoms with Crippen LogP contribution in [0.15, 0.2) is 42.5 Å². The van der Waals surface area contributed by atoms with Gasteiger partial charge in [0.05, 0.1) is 0 Å². The second-order valence-electron chi connectivity index (χ2n) is 6.74. The number of rotatable bonds is 5. The van der Waals surface area contributed by atoms with Gasteiger partial charge in [-0.15, -0.1) is 0 Å². The molecule has 1 aliphatic heterocycles. The van der Waals surface area contributed by atoms with E-state index in [2.05, 4.69) is 5.32 Å². The standard InChI is InChI=1S/C21H24N2O2/c1-15-5-6-16(2)19(12-15)21(25)22-13-17-7-9-18(10-8-17)14-23-11-3-4-20(23)24/h5-10,12H,3-4,11,13-14H2,1-2H3,(H,22,25). The molecular formula is C21H24N2O2. The summed E-state index contributed by atoms with van der Waals surface area (Å²) in [6, 6.07) is 14.0. The van der Waals surface area contributed by atoms with Crippen molar-refractivity contribution in [2.24, 2.45) is 0 Å². The number of hydrogen-bond donors (Lipinski definition) is 1. The molecule has 0 aromatic heterocycles. The van der Waals surface area contributed by atoms with Crippen molar-refractivity contribution in [3.8, 4) is 0 Å². The number of nitrogens with one attached hydrogen (secondary N) is 1. The fraction of sp³-hybridized carbons (Fsp3) is 0.333. The largest absolute Gasteiger partial charge is 0.348 e. The Morgan fingerprint density at radius 3 is 2.48 bits per heavy atom. The number of carbonyl (C=O) groups excluding carboxylic acids is 2. The molecule has 1 saturated heterocycles. The van der Waals surface area contributed by atoms with E-state index in [9.17, 15) is 9.59 Å². The van der Waals surface area contributed by atoms with E-state index in [1.807, 2.05) is 61.2 Å². The average molecular weight is 336 g/mol. The highest BCUT2D eigenvalue weighted by Gasteiger charge is 2.19. The van der Waals surface area contributed by atoms with Gasteiger partial charge in [0.25, 0.3) is 5.91 Å². The van der Waals surface area contributed by atoms with Crippen LogP contribution in [0, 0.1) is 13.8 Å². The summed E-state index contributed by atoms with van der Waals surface area (Å²) in [7, 11) is 0. The Hall–Kier alpha value is -2.62. The van der Waals surface area contributed by atoms with E-state index in [4.69, 9.17) is 0 Å². The van der Waals surface area contributed by atoms with E-state index in [0.717, 1.165) is 40.8 Å². The van der Waals surface area contributed by atoms with Crippen molar-refractivity contribution in [1.29, 1.82) is 0 Å². The van der Waals surface area contributed by atoms with Gasteiger partial charge in [0, 0.05) is 31.6 Å². The summed E-state index contributed by atoms with van der Waals surface area (Å²) >= 11 is 0. The molecule has 130 valence electrons. The van der Waals surface area contributed by atoms with Crippen molar-refractivity contribution in [2.45, 2.75) is 39.8 Å². The molecule has 0 radical (unpaired) electrons. The van der Waals surface area contributed by atoms with Crippen molar-refractivity contribution in [2.75, 3.05) is 6.54 Å². The summed E-state index contributed by atoms with van der Waals surface area (Å²) in [5.41, 5.74) is 4.96. The van der Waals surface area contributed by atoms with E-state index < -0.39 is 0 Å². The van der Waals surface area contributed by atoms with Crippen molar-refractivity contribution in [3.63, 3.8) is 0 Å². The molecule has 1 fully saturated rings. The Kier molecular flexibility index (Phi) is 5.17. The minimum absolute atomic E-state index is 0.0482. The highest BCUT2D eigenvalue weighted by Crippen LogP contribution is 2.15. The fourth-order valence-electron chi connectivity index (χ4n) is 3.11. The Morgan fingerprint density at radius 1 is 1.08 bits per heavy atom. The van der Waals surface area contributed by atoms with Crippen LogP contribution < -0.4 is 5.32 Å². The van der Waals surface area contributed by atoms with E-state index in [1.165, 1.54) is 0 Å². The fourth-order valence-corrected chi connectivity index (χ4v) is 3.11. The molecule has 1 heterocycles. The lowest BCUT2D eigenvalue weighted by Gasteiger charge is -2.15. The van der Waals surface area contributed by atoms with Crippen LogP contribution in [0.4, 0.5) is 0 Å². The molecule has 0 saturated carbocycles. The third-order valence-corrected chi connectivity index (χ3v) is 4.66. The summed E-state index contributed by atoms with van der Waals surface area (Å²) in [5.74, 6) is 0.192. The SMILES string of the molecule is Cc1ccc(C)c(C(=O)NCc2ccc(CN3CCCC3=O)cc2)c1. The minimum Gasteiger partial charge on any atom is -0.348 e. The monoisotopic (exact) mass is 336 g/mol. The average Bonchev–Trinajstić information content (AvgIpc) is 3.01. The number of aryl methyl sites for hydroxylation is 2. The zero-order valence-electron chi connectivity index (χ0n) is 14.8. The number of carbonyl (C=O) groups is 2. The molecule has 0 bridgehead atoms. The maximum Gasteiger partial charge on any atom is 0.251 e. The minimum atomic E-state index is -0.0482. The van der Waals surface area contributed by atoms with Crippen molar-refractivity contribution < 1.29 is 9.59 Å². The molecule has 0 spiro atoms. The van der Waals surface area contributed by atoms with Gasteiger partial charge in [-0.1, -0.05) is 42.0 Å². The molecule has 4 nitrogen and oxygen atoms in total. The van der Waals surface area contributed by atoms with Crippen LogP contribution in [0.25, 0.3) is 0 Å². The molecule has 0 unspecified atom stereocenters. The number of amides is 2. The van der Waals surface area contributed by atoms with E-state index in [-0.39, 0.29) is 11.8 Å². The Balaban J connectivity index is 1.57. The van der Waals surface area contributed by atoms with Gasteiger partial charge in [0.15, 0.2) is 0 Å². The normalized spacial score (nSPS) is 14.0. The number of likely N-dealkylation sites (tertiary alicyclic amines) is 1. The number of benzene rings is 2. The van der Waals surface area contributed by atoms with Gasteiger partial charge in [-0.25, -0.2) is 0 Å². The quantitative estimate of drug-likeness (QED) is 0.910. The van der Waals surface area contributed by atoms with Crippen molar-refractivity contribution in [3.05, 3.63) is 70.3 Å².